The number of nitrogens with zero attached hydrogens (tertiary/aromatic N) is 3. The van der Waals surface area contributed by atoms with Gasteiger partial charge < -0.3 is 63.8 Å². The van der Waals surface area contributed by atoms with E-state index in [4.69, 9.17) is 17.2 Å². The lowest BCUT2D eigenvalue weighted by Gasteiger charge is -2.36. The first-order valence-corrected chi connectivity index (χ1v) is 31.9. The number of imide groups is 1. The zero-order valence-electron chi connectivity index (χ0n) is 52.5. The number of fused-ring (bicyclic) bond motifs is 2. The number of ketones is 1. The van der Waals surface area contributed by atoms with Crippen LogP contribution in [0.2, 0.25) is 0 Å². The summed E-state index contributed by atoms with van der Waals surface area (Å²) in [6.45, 7) is 6.21. The van der Waals surface area contributed by atoms with Gasteiger partial charge in [0, 0.05) is 32.0 Å². The number of nitrogens with two attached hydrogens (primary N) is 3. The van der Waals surface area contributed by atoms with E-state index in [-0.39, 0.29) is 88.8 Å². The number of urea groups is 1. The lowest BCUT2D eigenvalue weighted by Crippen LogP contribution is -2.63. The van der Waals surface area contributed by atoms with Crippen LogP contribution in [-0.4, -0.2) is 172 Å². The predicted molar refractivity (Wildman–Crippen MR) is 340 cm³/mol. The van der Waals surface area contributed by atoms with Crippen LogP contribution in [0.3, 0.4) is 0 Å². The van der Waals surface area contributed by atoms with Gasteiger partial charge in [-0.25, -0.2) is 9.59 Å². The number of benzene rings is 3. The molecule has 2 saturated heterocycles. The lowest BCUT2D eigenvalue weighted by atomic mass is 9.84. The second-order valence-electron chi connectivity index (χ2n) is 24.5. The van der Waals surface area contributed by atoms with Crippen LogP contribution < -0.4 is 54.4 Å². The molecule has 3 aromatic carbocycles. The molecular weight excluding hydrogens is 1150 g/mol. The molecule has 0 unspecified atom stereocenters. The first-order valence-electron chi connectivity index (χ1n) is 31.9. The molecule has 0 spiro atoms. The van der Waals surface area contributed by atoms with Crippen LogP contribution in [-0.2, 0) is 56.0 Å². The Kier molecular flexibility index (Phi) is 27.5. The fraction of sp³-hybridized carbons (Fsp3) is 0.585. The fourth-order valence-electron chi connectivity index (χ4n) is 12.4. The van der Waals surface area contributed by atoms with E-state index in [1.165, 1.54) is 16.7 Å². The maximum absolute atomic E-state index is 15.1. The number of likely N-dealkylation sites (tertiary alicyclic amines) is 2. The smallest absolute Gasteiger partial charge is 0.326 e. The molecule has 0 radical (unpaired) electrons. The largest absolute Gasteiger partial charge is 0.480 e. The Morgan fingerprint density at radius 2 is 1.38 bits per heavy atom. The van der Waals surface area contributed by atoms with Gasteiger partial charge in [0.2, 0.25) is 35.4 Å². The molecule has 2 aliphatic heterocycles. The minimum absolute atomic E-state index is 0.00354. The van der Waals surface area contributed by atoms with Crippen LogP contribution in [0.1, 0.15) is 142 Å². The van der Waals surface area contributed by atoms with E-state index in [0.29, 0.717) is 43.2 Å². The van der Waals surface area contributed by atoms with E-state index in [0.717, 1.165) is 42.9 Å². The second-order valence-corrected chi connectivity index (χ2v) is 24.5. The Balaban J connectivity index is 1.18. The molecule has 90 heavy (non-hydrogen) atoms. The number of aliphatic hydroxyl groups excluding tert-OH is 1. The summed E-state index contributed by atoms with van der Waals surface area (Å²) in [6, 6.07) is 12.1. The Morgan fingerprint density at radius 3 is 2.07 bits per heavy atom. The van der Waals surface area contributed by atoms with Gasteiger partial charge in [0.25, 0.3) is 5.91 Å². The Morgan fingerprint density at radius 1 is 0.711 bits per heavy atom. The average Bonchev–Trinajstić information content (AvgIpc) is 1.63. The number of aliphatic hydroxyl groups is 1. The zero-order valence-corrected chi connectivity index (χ0v) is 52.5. The molecule has 1 saturated carbocycles. The number of rotatable bonds is 34. The van der Waals surface area contributed by atoms with Gasteiger partial charge in [0.05, 0.1) is 24.7 Å². The zero-order chi connectivity index (χ0) is 65.5. The van der Waals surface area contributed by atoms with Crippen LogP contribution in [0.15, 0.2) is 77.8 Å². The highest BCUT2D eigenvalue weighted by molar-refractivity contribution is 6.02. The third-order valence-electron chi connectivity index (χ3n) is 17.7. The molecule has 1 aliphatic carbocycles. The summed E-state index contributed by atoms with van der Waals surface area (Å²) in [5, 5.41) is 41.6. The number of hydrogen-bond acceptors (Lipinski definition) is 14. The van der Waals surface area contributed by atoms with E-state index in [1.54, 1.807) is 50.2 Å². The van der Waals surface area contributed by atoms with E-state index in [1.807, 2.05) is 43.3 Å². The number of carbonyl (C=O) groups is 10. The summed E-state index contributed by atoms with van der Waals surface area (Å²) < 4.78 is 0. The third-order valence-corrected chi connectivity index (χ3v) is 17.7. The Labute approximate surface area is 527 Å². The molecule has 25 heteroatoms. The van der Waals surface area contributed by atoms with Gasteiger partial charge in [0.1, 0.15) is 36.3 Å². The maximum atomic E-state index is 15.1. The van der Waals surface area contributed by atoms with E-state index in [9.17, 15) is 53.4 Å². The molecule has 3 fully saturated rings. The van der Waals surface area contributed by atoms with Gasteiger partial charge in [0.15, 0.2) is 11.7 Å². The fourth-order valence-corrected chi connectivity index (χ4v) is 12.4. The van der Waals surface area contributed by atoms with Gasteiger partial charge in [-0.2, -0.15) is 0 Å². The summed E-state index contributed by atoms with van der Waals surface area (Å²) in [7, 11) is 0. The van der Waals surface area contributed by atoms with Crippen molar-refractivity contribution >= 4 is 75.9 Å². The first-order chi connectivity index (χ1) is 43.1. The number of carboxylic acid groups (broad SMARTS) is 1. The molecule has 15 N–H and O–H groups in total. The molecule has 3 aromatic rings. The Bertz CT molecular complexity index is 3000. The standard InChI is InChI=1S/C65H95N13O12/c1-5-7-9-28-54(81)71-46(24-16-31-66)56(82)72-47(25-17-32-69-63(67)68)57(83)76-64(90)78-50-26-15-14-23-45(50)36-52(78)60(86)77-33-18-27-51(77)53(80)38-70-65(4,37-41-19-10-8-11-20-41)62(89)74-49(39-79)59(85)73-48(58(84)75-55(61(87)88)40(3)6-2)35-42-29-30-43-21-12-13-22-44(43)34-42/h8,10-13,19-22,29-30,34,40,45-52,55,70,79H,5-7,9,14-18,23-28,31-33,35-39,66H2,1-4H3,(H,71,81)(H,72,82)(H,73,85)(H,74,89)(H,75,84)(H,87,88)(H4,67,68,69)(H,76,83,90)/t40-,45-,46-,47-,48+,49-,50-,51-,52-,55-,65-/m0/s1. The van der Waals surface area contributed by atoms with Gasteiger partial charge in [-0.1, -0.05) is 126 Å². The number of carboxylic acids is 1. The van der Waals surface area contributed by atoms with Crippen LogP contribution in [0, 0.1) is 11.8 Å². The predicted octanol–water partition coefficient (Wildman–Crippen LogP) is 2.32. The normalized spacial score (nSPS) is 19.7. The van der Waals surface area contributed by atoms with Crippen molar-refractivity contribution in [1.29, 1.82) is 0 Å². The highest BCUT2D eigenvalue weighted by Gasteiger charge is 2.51. The van der Waals surface area contributed by atoms with Crippen LogP contribution >= 0.6 is 0 Å². The van der Waals surface area contributed by atoms with Crippen molar-refractivity contribution in [2.75, 3.05) is 32.8 Å². The summed E-state index contributed by atoms with van der Waals surface area (Å²) in [4.78, 5) is 148. The molecule has 2 heterocycles. The van der Waals surface area contributed by atoms with Crippen molar-refractivity contribution in [2.45, 2.75) is 197 Å². The van der Waals surface area contributed by atoms with Crippen molar-refractivity contribution in [3.63, 3.8) is 0 Å². The van der Waals surface area contributed by atoms with Crippen molar-refractivity contribution in [2.24, 2.45) is 34.0 Å². The number of guanidine groups is 1. The van der Waals surface area contributed by atoms with Crippen molar-refractivity contribution in [1.82, 2.24) is 47.0 Å². The first kappa shape index (κ1) is 71.1. The highest BCUT2D eigenvalue weighted by Crippen LogP contribution is 2.41. The quantitative estimate of drug-likeness (QED) is 0.0232. The SMILES string of the molecule is CCCCCC(=O)N[C@@H](CCCN)C(=O)N[C@@H](CCCN=C(N)N)C(=O)NC(=O)N1[C@H](C(=O)N2CCC[C@H]2C(=O)CN[C@@](C)(Cc2ccccc2)C(=O)N[C@@H](CO)C(=O)N[C@H](Cc2ccc3ccccc3c2)C(=O)N[C@H](C(=O)O)[C@@H](C)CC)C[C@@H]2CCCC[C@@H]21. The number of carbonyl (C=O) groups excluding carboxylic acids is 9. The number of aliphatic imine (C=N–C) groups is 1. The molecule has 11 atom stereocenters. The van der Waals surface area contributed by atoms with Gasteiger partial charge in [-0.15, -0.1) is 0 Å². The monoisotopic (exact) mass is 1250 g/mol. The van der Waals surface area contributed by atoms with Gasteiger partial charge >= 0.3 is 12.0 Å². The average molecular weight is 1250 g/mol. The minimum atomic E-state index is -1.65. The number of hydrogen-bond donors (Lipinski definition) is 12. The number of Topliss-reactive ketones (excluding diaryl/α,β-unsaturated/α-hetero) is 1. The number of unbranched alkanes of at least 4 members (excludes halogenated alkanes) is 2. The summed E-state index contributed by atoms with van der Waals surface area (Å²) in [6.07, 6.45) is 7.67. The maximum Gasteiger partial charge on any atom is 0.326 e. The van der Waals surface area contributed by atoms with Crippen LogP contribution in [0.25, 0.3) is 10.8 Å². The number of aliphatic carboxylic acids is 1. The van der Waals surface area contributed by atoms with Crippen molar-refractivity contribution in [3.8, 4) is 0 Å². The molecule has 6 rings (SSSR count). The lowest BCUT2D eigenvalue weighted by molar-refractivity contribution is -0.144. The molecule has 492 valence electrons. The molecule has 0 bridgehead atoms. The second kappa shape index (κ2) is 34.8. The van der Waals surface area contributed by atoms with E-state index < -0.39 is 126 Å². The van der Waals surface area contributed by atoms with Crippen LogP contribution in [0.4, 0.5) is 4.79 Å². The Hall–Kier alpha value is -8.03. The van der Waals surface area contributed by atoms with E-state index >= 15 is 4.79 Å². The molecule has 0 aromatic heterocycles. The number of nitrogens with one attached hydrogen (secondary N) is 7. The third kappa shape index (κ3) is 20.0. The summed E-state index contributed by atoms with van der Waals surface area (Å²) in [5.74, 6) is -7.22. The molecular formula is C65H95N13O12. The summed E-state index contributed by atoms with van der Waals surface area (Å²) >= 11 is 0. The van der Waals surface area contributed by atoms with Gasteiger partial charge in [-0.3, -0.25) is 54.0 Å². The van der Waals surface area contributed by atoms with E-state index in [2.05, 4.69) is 42.2 Å². The number of amides is 9. The summed E-state index contributed by atoms with van der Waals surface area (Å²) in [5.41, 5.74) is 16.6. The molecule has 25 nitrogen and oxygen atoms in total. The van der Waals surface area contributed by atoms with Crippen molar-refractivity contribution in [3.05, 3.63) is 83.9 Å². The minimum Gasteiger partial charge on any atom is -0.480 e. The topological polar surface area (TPSA) is 392 Å². The molecule has 3 aliphatic rings. The van der Waals surface area contributed by atoms with Gasteiger partial charge in [-0.05, 0) is 118 Å². The van der Waals surface area contributed by atoms with Crippen molar-refractivity contribution < 1.29 is 58.2 Å². The highest BCUT2D eigenvalue weighted by atomic mass is 16.4. The molecule has 9 amide bonds. The van der Waals surface area contributed by atoms with Crippen LogP contribution in [0.5, 0.6) is 0 Å².